The van der Waals surface area contributed by atoms with Crippen LogP contribution in [-0.4, -0.2) is 0 Å². The maximum atomic E-state index is 12.9. The van der Waals surface area contributed by atoms with E-state index in [9.17, 15) is 17.6 Å². The minimum Gasteiger partial charge on any atom is -0.326 e. The molecule has 0 aliphatic rings. The monoisotopic (exact) mass is 204 g/mol. The number of benzene rings is 1. The van der Waals surface area contributed by atoms with Crippen LogP contribution < -0.4 is 5.73 Å². The maximum absolute atomic E-state index is 12.9. The molecule has 0 heterocycles. The van der Waals surface area contributed by atoms with Crippen LogP contribution in [0.15, 0.2) is 0 Å². The van der Waals surface area contributed by atoms with Crippen molar-refractivity contribution in [3.8, 4) is 6.07 Å². The van der Waals surface area contributed by atoms with Crippen molar-refractivity contribution in [1.82, 2.24) is 0 Å². The molecule has 1 rings (SSSR count). The summed E-state index contributed by atoms with van der Waals surface area (Å²) in [6.45, 7) is -0.581. The van der Waals surface area contributed by atoms with Gasteiger partial charge in [0.15, 0.2) is 23.3 Å². The molecule has 14 heavy (non-hydrogen) atoms. The van der Waals surface area contributed by atoms with E-state index in [1.807, 2.05) is 0 Å². The molecular formula is C8H4F4N2. The first-order valence-corrected chi connectivity index (χ1v) is 3.49. The summed E-state index contributed by atoms with van der Waals surface area (Å²) in [5, 5.41) is 8.37. The van der Waals surface area contributed by atoms with Crippen molar-refractivity contribution in [2.45, 2.75) is 6.54 Å². The molecular weight excluding hydrogens is 200 g/mol. The Morgan fingerprint density at radius 1 is 1.00 bits per heavy atom. The highest BCUT2D eigenvalue weighted by atomic mass is 19.2. The number of hydrogen-bond donors (Lipinski definition) is 1. The van der Waals surface area contributed by atoms with Crippen LogP contribution in [0.4, 0.5) is 17.6 Å². The Morgan fingerprint density at radius 2 is 1.50 bits per heavy atom. The van der Waals surface area contributed by atoms with Crippen LogP contribution in [0, 0.1) is 34.6 Å². The van der Waals surface area contributed by atoms with Crippen LogP contribution in [0.1, 0.15) is 11.1 Å². The molecule has 0 radical (unpaired) electrons. The number of rotatable bonds is 1. The first kappa shape index (κ1) is 10.5. The van der Waals surface area contributed by atoms with E-state index in [0.29, 0.717) is 0 Å². The third-order valence-electron chi connectivity index (χ3n) is 1.68. The second-order valence-corrected chi connectivity index (χ2v) is 2.43. The Morgan fingerprint density at radius 3 is 1.93 bits per heavy atom. The van der Waals surface area contributed by atoms with Gasteiger partial charge in [-0.25, -0.2) is 17.6 Å². The zero-order valence-electron chi connectivity index (χ0n) is 6.74. The van der Waals surface area contributed by atoms with Crippen molar-refractivity contribution in [3.63, 3.8) is 0 Å². The van der Waals surface area contributed by atoms with Gasteiger partial charge in [0, 0.05) is 12.1 Å². The Hall–Kier alpha value is -1.61. The highest BCUT2D eigenvalue weighted by Crippen LogP contribution is 2.22. The lowest BCUT2D eigenvalue weighted by molar-refractivity contribution is 0.402. The topological polar surface area (TPSA) is 49.8 Å². The number of halogens is 4. The lowest BCUT2D eigenvalue weighted by Gasteiger charge is -2.05. The summed E-state index contributed by atoms with van der Waals surface area (Å²) in [5.41, 5.74) is 3.41. The van der Waals surface area contributed by atoms with Crippen molar-refractivity contribution in [2.75, 3.05) is 0 Å². The summed E-state index contributed by atoms with van der Waals surface area (Å²) >= 11 is 0. The third kappa shape index (κ3) is 1.32. The molecule has 0 fully saturated rings. The molecule has 0 aliphatic carbocycles. The Labute approximate surface area is 76.6 Å². The van der Waals surface area contributed by atoms with E-state index < -0.39 is 40.9 Å². The van der Waals surface area contributed by atoms with E-state index in [4.69, 9.17) is 11.0 Å². The molecule has 74 valence electrons. The molecule has 0 bridgehead atoms. The van der Waals surface area contributed by atoms with Crippen LogP contribution in [0.25, 0.3) is 0 Å². The lowest BCUT2D eigenvalue weighted by Crippen LogP contribution is -2.10. The zero-order chi connectivity index (χ0) is 10.9. The van der Waals surface area contributed by atoms with Crippen LogP contribution in [0.2, 0.25) is 0 Å². The normalized spacial score (nSPS) is 10.0. The number of nitrogens with two attached hydrogens (primary N) is 1. The van der Waals surface area contributed by atoms with Gasteiger partial charge in [0.05, 0.1) is 5.56 Å². The number of nitrogens with zero attached hydrogens (tertiary/aromatic N) is 1. The van der Waals surface area contributed by atoms with Gasteiger partial charge >= 0.3 is 0 Å². The van der Waals surface area contributed by atoms with E-state index in [-0.39, 0.29) is 0 Å². The molecule has 0 amide bonds. The minimum atomic E-state index is -2.00. The summed E-state index contributed by atoms with van der Waals surface area (Å²) < 4.78 is 50.9. The molecule has 0 aromatic heterocycles. The molecule has 0 saturated heterocycles. The van der Waals surface area contributed by atoms with Gasteiger partial charge in [0.25, 0.3) is 0 Å². The van der Waals surface area contributed by atoms with Crippen LogP contribution in [-0.2, 0) is 6.54 Å². The smallest absolute Gasteiger partial charge is 0.198 e. The van der Waals surface area contributed by atoms with E-state index >= 15 is 0 Å². The predicted octanol–water partition coefficient (Wildman–Crippen LogP) is 1.57. The van der Waals surface area contributed by atoms with Crippen LogP contribution in [0.5, 0.6) is 0 Å². The molecule has 0 atom stereocenters. The molecule has 0 spiro atoms. The van der Waals surface area contributed by atoms with Gasteiger partial charge in [-0.05, 0) is 0 Å². The highest BCUT2D eigenvalue weighted by molar-refractivity contribution is 5.40. The second kappa shape index (κ2) is 3.64. The highest BCUT2D eigenvalue weighted by Gasteiger charge is 2.24. The van der Waals surface area contributed by atoms with E-state index in [2.05, 4.69) is 0 Å². The summed E-state index contributed by atoms with van der Waals surface area (Å²) in [5.74, 6) is -7.30. The van der Waals surface area contributed by atoms with Gasteiger partial charge < -0.3 is 5.73 Å². The largest absolute Gasteiger partial charge is 0.326 e. The summed E-state index contributed by atoms with van der Waals surface area (Å²) in [6.07, 6.45) is 0. The van der Waals surface area contributed by atoms with Crippen molar-refractivity contribution >= 4 is 0 Å². The number of nitriles is 1. The fourth-order valence-electron chi connectivity index (χ4n) is 0.985. The molecule has 0 unspecified atom stereocenters. The van der Waals surface area contributed by atoms with Crippen molar-refractivity contribution in [1.29, 1.82) is 5.26 Å². The van der Waals surface area contributed by atoms with Gasteiger partial charge in [0.2, 0.25) is 0 Å². The Balaban J connectivity index is 3.68. The lowest BCUT2D eigenvalue weighted by atomic mass is 10.1. The van der Waals surface area contributed by atoms with Crippen molar-refractivity contribution < 1.29 is 17.6 Å². The summed E-state index contributed by atoms with van der Waals surface area (Å²) in [6, 6.07) is 1.22. The molecule has 1 aromatic carbocycles. The maximum Gasteiger partial charge on any atom is 0.198 e. The molecule has 0 saturated carbocycles. The van der Waals surface area contributed by atoms with E-state index in [1.54, 1.807) is 0 Å². The molecule has 2 N–H and O–H groups in total. The van der Waals surface area contributed by atoms with Gasteiger partial charge in [-0.3, -0.25) is 0 Å². The van der Waals surface area contributed by atoms with Crippen LogP contribution in [0.3, 0.4) is 0 Å². The summed E-state index contributed by atoms with van der Waals surface area (Å²) in [7, 11) is 0. The quantitative estimate of drug-likeness (QED) is 0.429. The first-order valence-electron chi connectivity index (χ1n) is 3.49. The standard InChI is InChI=1S/C8H4F4N2/c9-5-3(1-13)4(2-14)6(10)8(12)7(5)11/h1,13H2. The minimum absolute atomic E-state index is 0.581. The van der Waals surface area contributed by atoms with Gasteiger partial charge in [-0.2, -0.15) is 5.26 Å². The molecule has 0 aliphatic heterocycles. The number of hydrogen-bond acceptors (Lipinski definition) is 2. The van der Waals surface area contributed by atoms with Gasteiger partial charge in [0.1, 0.15) is 6.07 Å². The fourth-order valence-corrected chi connectivity index (χ4v) is 0.985. The zero-order valence-corrected chi connectivity index (χ0v) is 6.74. The van der Waals surface area contributed by atoms with E-state index in [1.165, 1.54) is 6.07 Å². The Bertz CT molecular complexity index is 423. The van der Waals surface area contributed by atoms with E-state index in [0.717, 1.165) is 0 Å². The molecule has 1 aromatic rings. The third-order valence-corrected chi connectivity index (χ3v) is 1.68. The molecule has 2 nitrogen and oxygen atoms in total. The molecule has 6 heteroatoms. The van der Waals surface area contributed by atoms with Gasteiger partial charge in [-0.15, -0.1) is 0 Å². The first-order chi connectivity index (χ1) is 6.54. The van der Waals surface area contributed by atoms with Gasteiger partial charge in [-0.1, -0.05) is 0 Å². The average Bonchev–Trinajstić information content (AvgIpc) is 2.20. The van der Waals surface area contributed by atoms with Crippen LogP contribution >= 0.6 is 0 Å². The second-order valence-electron chi connectivity index (χ2n) is 2.43. The fraction of sp³-hybridized carbons (Fsp3) is 0.125. The van der Waals surface area contributed by atoms with Crippen molar-refractivity contribution in [3.05, 3.63) is 34.4 Å². The predicted molar refractivity (Wildman–Crippen MR) is 38.9 cm³/mol. The Kier molecular flexibility index (Phi) is 2.72. The van der Waals surface area contributed by atoms with Crippen molar-refractivity contribution in [2.24, 2.45) is 5.73 Å². The summed E-state index contributed by atoms with van der Waals surface area (Å²) in [4.78, 5) is 0. The SMILES string of the molecule is N#Cc1c(F)c(F)c(F)c(F)c1CN. The average molecular weight is 204 g/mol.